The summed E-state index contributed by atoms with van der Waals surface area (Å²) in [7, 11) is 0. The van der Waals surface area contributed by atoms with Gasteiger partial charge in [-0.2, -0.15) is 0 Å². The van der Waals surface area contributed by atoms with Gasteiger partial charge in [-0.1, -0.05) is 0 Å². The average molecular weight is 543 g/mol. The summed E-state index contributed by atoms with van der Waals surface area (Å²) in [5.41, 5.74) is 2.48. The Bertz CT molecular complexity index is 1350. The number of carbonyl (C=O) groups is 1. The molecule has 0 bridgehead atoms. The molecule has 0 N–H and O–H groups in total. The molecule has 0 radical (unpaired) electrons. The number of amides is 1. The number of benzene rings is 1. The van der Waals surface area contributed by atoms with E-state index in [-0.39, 0.29) is 17.8 Å². The van der Waals surface area contributed by atoms with Crippen molar-refractivity contribution in [2.45, 2.75) is 50.9 Å². The van der Waals surface area contributed by atoms with Gasteiger partial charge in [0, 0.05) is 63.1 Å². The normalized spacial score (nSPS) is 18.8. The molecule has 3 saturated heterocycles. The monoisotopic (exact) mass is 542 g/mol. The Hall–Kier alpha value is -3.95. The molecule has 0 aliphatic carbocycles. The second-order valence-electron chi connectivity index (χ2n) is 10.8. The summed E-state index contributed by atoms with van der Waals surface area (Å²) in [5.74, 6) is 2.23. The van der Waals surface area contributed by atoms with Crippen LogP contribution in [0.1, 0.15) is 56.6 Å². The van der Waals surface area contributed by atoms with Crippen LogP contribution in [-0.2, 0) is 4.79 Å². The van der Waals surface area contributed by atoms with Crippen LogP contribution in [0.15, 0.2) is 47.8 Å². The van der Waals surface area contributed by atoms with Gasteiger partial charge in [-0.25, -0.2) is 19.9 Å². The Morgan fingerprint density at radius 3 is 2.60 bits per heavy atom. The number of nitrogens with zero attached hydrogens (tertiary/aromatic N) is 7. The largest absolute Gasteiger partial charge is 0.846 e. The van der Waals surface area contributed by atoms with E-state index in [1.165, 1.54) is 12.8 Å². The van der Waals surface area contributed by atoms with Crippen LogP contribution < -0.4 is 14.7 Å². The number of aliphatic imine (C=N–C) groups is 1. The van der Waals surface area contributed by atoms with Gasteiger partial charge in [0.15, 0.2) is 0 Å². The number of carbonyl (C=O) groups excluding carboxylic acids is 1. The molecule has 1 amide bonds. The maximum atomic E-state index is 12.9. The third-order valence-electron chi connectivity index (χ3n) is 8.19. The van der Waals surface area contributed by atoms with E-state index in [1.807, 2.05) is 40.1 Å². The summed E-state index contributed by atoms with van der Waals surface area (Å²) in [4.78, 5) is 35.7. The lowest BCUT2D eigenvalue weighted by molar-refractivity contribution is -0.235. The fourth-order valence-electron chi connectivity index (χ4n) is 5.96. The van der Waals surface area contributed by atoms with Crippen LogP contribution in [0.25, 0.3) is 10.9 Å². The minimum Gasteiger partial charge on any atom is -0.846 e. The Balaban J connectivity index is 1.03. The van der Waals surface area contributed by atoms with E-state index in [1.54, 1.807) is 12.5 Å². The smallest absolute Gasteiger partial charge is 0.222 e. The first kappa shape index (κ1) is 26.3. The number of ether oxygens (including phenoxy) is 1. The average Bonchev–Trinajstić information content (AvgIpc) is 3.68. The van der Waals surface area contributed by atoms with Crippen LogP contribution in [0, 0.1) is 0 Å². The number of likely N-dealkylation sites (tertiary alicyclic amines) is 2. The minimum absolute atomic E-state index is 0.211. The highest BCUT2D eigenvalue weighted by Crippen LogP contribution is 2.32. The zero-order valence-corrected chi connectivity index (χ0v) is 22.9. The van der Waals surface area contributed by atoms with Gasteiger partial charge in [0.05, 0.1) is 35.7 Å². The highest BCUT2D eigenvalue weighted by atomic mass is 16.5. The van der Waals surface area contributed by atoms with Crippen molar-refractivity contribution in [3.63, 3.8) is 0 Å². The molecule has 10 heteroatoms. The van der Waals surface area contributed by atoms with E-state index < -0.39 is 0 Å². The molecule has 10 nitrogen and oxygen atoms in total. The van der Waals surface area contributed by atoms with Crippen molar-refractivity contribution < 1.29 is 14.6 Å². The zero-order chi connectivity index (χ0) is 27.3. The fraction of sp³-hybridized carbons (Fsp3) is 0.500. The maximum absolute atomic E-state index is 12.9. The van der Waals surface area contributed by atoms with E-state index >= 15 is 0 Å². The predicted molar refractivity (Wildman–Crippen MR) is 152 cm³/mol. The molecule has 2 aromatic heterocycles. The first-order valence-corrected chi connectivity index (χ1v) is 14.5. The molecule has 5 heterocycles. The van der Waals surface area contributed by atoms with Crippen LogP contribution in [0.5, 0.6) is 5.75 Å². The van der Waals surface area contributed by atoms with E-state index in [9.17, 15) is 9.90 Å². The summed E-state index contributed by atoms with van der Waals surface area (Å²) in [5, 5.41) is 13.9. The van der Waals surface area contributed by atoms with Crippen molar-refractivity contribution in [2.75, 3.05) is 50.8 Å². The van der Waals surface area contributed by atoms with Crippen LogP contribution in [0.3, 0.4) is 0 Å². The molecule has 6 rings (SSSR count). The van der Waals surface area contributed by atoms with E-state index in [4.69, 9.17) is 4.74 Å². The van der Waals surface area contributed by atoms with Gasteiger partial charge in [-0.15, -0.1) is 0 Å². The van der Waals surface area contributed by atoms with E-state index in [0.717, 1.165) is 80.0 Å². The van der Waals surface area contributed by atoms with Gasteiger partial charge in [0.1, 0.15) is 17.9 Å². The first-order valence-electron chi connectivity index (χ1n) is 14.5. The van der Waals surface area contributed by atoms with Gasteiger partial charge in [0.2, 0.25) is 5.91 Å². The molecule has 0 unspecified atom stereocenters. The lowest BCUT2D eigenvalue weighted by atomic mass is 9.91. The molecule has 0 saturated carbocycles. The summed E-state index contributed by atoms with van der Waals surface area (Å²) in [6.07, 6.45) is 9.80. The number of aromatic nitrogens is 3. The van der Waals surface area contributed by atoms with Crippen LogP contribution in [0.4, 0.5) is 11.5 Å². The Morgan fingerprint density at radius 1 is 1.00 bits per heavy atom. The topological polar surface area (TPSA) is 110 Å². The lowest BCUT2D eigenvalue weighted by Gasteiger charge is -2.36. The number of rotatable bonds is 8. The summed E-state index contributed by atoms with van der Waals surface area (Å²) in [6, 6.07) is 9.59. The summed E-state index contributed by atoms with van der Waals surface area (Å²) < 4.78 is 5.96. The Morgan fingerprint density at radius 2 is 1.85 bits per heavy atom. The number of anilines is 1. The Labute approximate surface area is 234 Å². The molecule has 3 aliphatic rings. The summed E-state index contributed by atoms with van der Waals surface area (Å²) >= 11 is 0. The Kier molecular flexibility index (Phi) is 7.92. The van der Waals surface area contributed by atoms with Gasteiger partial charge < -0.3 is 24.5 Å². The molecule has 1 aromatic carbocycles. The van der Waals surface area contributed by atoms with E-state index in [2.05, 4.69) is 24.8 Å². The van der Waals surface area contributed by atoms with Crippen molar-refractivity contribution >= 4 is 34.3 Å². The zero-order valence-electron chi connectivity index (χ0n) is 22.9. The SMILES string of the molecule is O=C1CCCN1CCCOc1ccc2c(C3CCN(C([O-])=Nc4ccc(N5CCCC5)nc4)CC3)ncnc2c1. The third-order valence-corrected chi connectivity index (χ3v) is 8.19. The van der Waals surface area contributed by atoms with Crippen molar-refractivity contribution in [2.24, 2.45) is 4.99 Å². The highest BCUT2D eigenvalue weighted by molar-refractivity contribution is 5.82. The van der Waals surface area contributed by atoms with Crippen LogP contribution in [0.2, 0.25) is 0 Å². The molecule has 3 aromatic rings. The number of fused-ring (bicyclic) bond motifs is 1. The van der Waals surface area contributed by atoms with Gasteiger partial charge in [-0.05, 0) is 62.8 Å². The highest BCUT2D eigenvalue weighted by Gasteiger charge is 2.24. The molecular formula is C30H36N7O3-. The standard InChI is InChI=1S/C30H37N7O3/c38-28-5-3-14-36(28)15-4-18-40-24-7-8-25-26(19-24)32-21-33-29(25)22-10-16-37(17-11-22)30(39)34-23-6-9-27(31-20-23)35-12-1-2-13-35/h6-9,19-22H,1-5,10-18H2,(H,34,39)/p-1. The minimum atomic E-state index is -0.211. The van der Waals surface area contributed by atoms with Crippen molar-refractivity contribution in [1.82, 2.24) is 24.8 Å². The van der Waals surface area contributed by atoms with Crippen molar-refractivity contribution in [3.8, 4) is 5.75 Å². The molecule has 3 aliphatic heterocycles. The second-order valence-corrected chi connectivity index (χ2v) is 10.8. The number of pyridine rings is 1. The van der Waals surface area contributed by atoms with Gasteiger partial charge in [-0.3, -0.25) is 4.79 Å². The van der Waals surface area contributed by atoms with Gasteiger partial charge in [0.25, 0.3) is 0 Å². The number of hydrogen-bond donors (Lipinski definition) is 0. The predicted octanol–water partition coefficient (Wildman–Crippen LogP) is 3.24. The number of amidine groups is 1. The first-order chi connectivity index (χ1) is 19.6. The van der Waals surface area contributed by atoms with Gasteiger partial charge >= 0.3 is 0 Å². The third kappa shape index (κ3) is 5.95. The summed E-state index contributed by atoms with van der Waals surface area (Å²) in [6.45, 7) is 5.52. The number of hydrogen-bond acceptors (Lipinski definition) is 8. The van der Waals surface area contributed by atoms with Crippen molar-refractivity contribution in [1.29, 1.82) is 0 Å². The lowest BCUT2D eigenvalue weighted by Crippen LogP contribution is -2.44. The molecule has 210 valence electrons. The van der Waals surface area contributed by atoms with Crippen LogP contribution in [-0.4, -0.2) is 82.6 Å². The molecule has 40 heavy (non-hydrogen) atoms. The molecule has 0 spiro atoms. The quantitative estimate of drug-likeness (QED) is 0.242. The van der Waals surface area contributed by atoms with Crippen molar-refractivity contribution in [3.05, 3.63) is 48.5 Å². The second kappa shape index (κ2) is 12.1. The van der Waals surface area contributed by atoms with E-state index in [0.29, 0.717) is 31.8 Å². The fourth-order valence-corrected chi connectivity index (χ4v) is 5.96. The molecule has 3 fully saturated rings. The van der Waals surface area contributed by atoms with Crippen LogP contribution >= 0.6 is 0 Å². The molecular weight excluding hydrogens is 506 g/mol. The maximum Gasteiger partial charge on any atom is 0.222 e. The number of piperidine rings is 1. The molecule has 0 atom stereocenters.